The van der Waals surface area contributed by atoms with Crippen molar-refractivity contribution in [2.75, 3.05) is 19.5 Å². The van der Waals surface area contributed by atoms with Crippen molar-refractivity contribution in [2.24, 2.45) is 0 Å². The van der Waals surface area contributed by atoms with Crippen LogP contribution >= 0.6 is 0 Å². The first-order valence-corrected chi connectivity index (χ1v) is 9.97. The van der Waals surface area contributed by atoms with Crippen LogP contribution in [0.2, 0.25) is 0 Å². The third-order valence-electron chi connectivity index (χ3n) is 5.17. The second-order valence-electron chi connectivity index (χ2n) is 7.25. The van der Waals surface area contributed by atoms with Crippen LogP contribution in [0.1, 0.15) is 23.7 Å². The predicted octanol–water partition coefficient (Wildman–Crippen LogP) is 2.90. The second kappa shape index (κ2) is 9.01. The Morgan fingerprint density at radius 3 is 2.71 bits per heavy atom. The number of methoxy groups -OCH3 is 2. The zero-order chi connectivity index (χ0) is 21.8. The van der Waals surface area contributed by atoms with E-state index in [-0.39, 0.29) is 24.8 Å². The van der Waals surface area contributed by atoms with E-state index in [9.17, 15) is 9.59 Å². The number of aromatic nitrogens is 2. The minimum absolute atomic E-state index is 0.00266. The van der Waals surface area contributed by atoms with Gasteiger partial charge >= 0.3 is 0 Å². The Morgan fingerprint density at radius 2 is 1.97 bits per heavy atom. The van der Waals surface area contributed by atoms with Gasteiger partial charge in [0.05, 0.1) is 31.4 Å². The Morgan fingerprint density at radius 1 is 1.16 bits per heavy atom. The van der Waals surface area contributed by atoms with Crippen LogP contribution in [0.15, 0.2) is 54.6 Å². The number of carbonyl (C=O) groups is 2. The SMILES string of the molecule is COCc1nn2c(c1-c1cccc(OC)c1)NC(=O)C2CC(=O)NCc1ccccc1. The topological polar surface area (TPSA) is 94.5 Å². The van der Waals surface area contributed by atoms with Gasteiger partial charge in [-0.05, 0) is 23.3 Å². The van der Waals surface area contributed by atoms with Crippen LogP contribution in [-0.2, 0) is 27.5 Å². The molecule has 4 rings (SSSR count). The summed E-state index contributed by atoms with van der Waals surface area (Å²) in [5, 5.41) is 10.4. The van der Waals surface area contributed by atoms with Crippen LogP contribution in [-0.4, -0.2) is 35.8 Å². The largest absolute Gasteiger partial charge is 0.497 e. The summed E-state index contributed by atoms with van der Waals surface area (Å²) in [6.07, 6.45) is -0.00266. The zero-order valence-corrected chi connectivity index (χ0v) is 17.4. The summed E-state index contributed by atoms with van der Waals surface area (Å²) in [5.74, 6) is 0.780. The molecule has 0 bridgehead atoms. The minimum Gasteiger partial charge on any atom is -0.497 e. The monoisotopic (exact) mass is 420 g/mol. The molecule has 31 heavy (non-hydrogen) atoms. The van der Waals surface area contributed by atoms with Gasteiger partial charge in [0.1, 0.15) is 17.6 Å². The van der Waals surface area contributed by atoms with E-state index >= 15 is 0 Å². The lowest BCUT2D eigenvalue weighted by atomic mass is 10.1. The molecule has 1 aliphatic heterocycles. The average Bonchev–Trinajstić information content (AvgIpc) is 3.28. The first-order valence-electron chi connectivity index (χ1n) is 9.97. The van der Waals surface area contributed by atoms with E-state index < -0.39 is 6.04 Å². The molecule has 2 N–H and O–H groups in total. The highest BCUT2D eigenvalue weighted by Gasteiger charge is 2.37. The van der Waals surface area contributed by atoms with Gasteiger partial charge in [0.2, 0.25) is 5.91 Å². The molecule has 2 aromatic carbocycles. The highest BCUT2D eigenvalue weighted by Crippen LogP contribution is 2.39. The summed E-state index contributed by atoms with van der Waals surface area (Å²) in [7, 11) is 3.19. The fourth-order valence-electron chi connectivity index (χ4n) is 3.68. The molecule has 2 heterocycles. The molecule has 1 aromatic heterocycles. The molecule has 0 saturated carbocycles. The molecule has 160 valence electrons. The summed E-state index contributed by atoms with van der Waals surface area (Å²) < 4.78 is 12.2. The number of amides is 2. The van der Waals surface area contributed by atoms with E-state index in [0.29, 0.717) is 23.8 Å². The average molecular weight is 420 g/mol. The molecule has 0 fully saturated rings. The molecule has 0 aliphatic carbocycles. The molecule has 1 atom stereocenters. The maximum absolute atomic E-state index is 12.7. The molecule has 3 aromatic rings. The standard InChI is InChI=1S/C23H24N4O4/c1-30-14-18-21(16-9-6-10-17(11-16)31-2)22-25-23(29)19(27(22)26-18)12-20(28)24-13-15-7-4-3-5-8-15/h3-11,19H,12-14H2,1-2H3,(H,24,28)(H,25,29). The molecule has 2 amide bonds. The van der Waals surface area contributed by atoms with Crippen molar-refractivity contribution >= 4 is 17.6 Å². The number of anilines is 1. The third kappa shape index (κ3) is 4.29. The van der Waals surface area contributed by atoms with Gasteiger partial charge in [-0.2, -0.15) is 5.10 Å². The number of nitrogens with one attached hydrogen (secondary N) is 2. The van der Waals surface area contributed by atoms with Gasteiger partial charge in [-0.25, -0.2) is 4.68 Å². The van der Waals surface area contributed by atoms with E-state index in [1.165, 1.54) is 0 Å². The molecule has 8 heteroatoms. The van der Waals surface area contributed by atoms with Crippen LogP contribution in [0.25, 0.3) is 11.1 Å². The maximum atomic E-state index is 12.7. The quantitative estimate of drug-likeness (QED) is 0.584. The van der Waals surface area contributed by atoms with Crippen LogP contribution in [0.4, 0.5) is 5.82 Å². The van der Waals surface area contributed by atoms with Gasteiger partial charge in [0.15, 0.2) is 0 Å². The van der Waals surface area contributed by atoms with Crippen molar-refractivity contribution < 1.29 is 19.1 Å². The second-order valence-corrected chi connectivity index (χ2v) is 7.25. The minimum atomic E-state index is -0.722. The molecule has 1 aliphatic rings. The van der Waals surface area contributed by atoms with Gasteiger partial charge in [-0.1, -0.05) is 42.5 Å². The van der Waals surface area contributed by atoms with Crippen molar-refractivity contribution in [3.63, 3.8) is 0 Å². The van der Waals surface area contributed by atoms with E-state index in [4.69, 9.17) is 9.47 Å². The number of fused-ring (bicyclic) bond motifs is 1. The fourth-order valence-corrected chi connectivity index (χ4v) is 3.68. The third-order valence-corrected chi connectivity index (χ3v) is 5.17. The molecule has 0 saturated heterocycles. The lowest BCUT2D eigenvalue weighted by Crippen LogP contribution is -2.28. The predicted molar refractivity (Wildman–Crippen MR) is 116 cm³/mol. The summed E-state index contributed by atoms with van der Waals surface area (Å²) in [4.78, 5) is 25.2. The zero-order valence-electron chi connectivity index (χ0n) is 17.4. The molecule has 8 nitrogen and oxygen atoms in total. The number of hydrogen-bond acceptors (Lipinski definition) is 5. The van der Waals surface area contributed by atoms with Gasteiger partial charge in [-0.15, -0.1) is 0 Å². The lowest BCUT2D eigenvalue weighted by molar-refractivity contribution is -0.126. The van der Waals surface area contributed by atoms with Crippen LogP contribution < -0.4 is 15.4 Å². The van der Waals surface area contributed by atoms with Crippen molar-refractivity contribution in [1.82, 2.24) is 15.1 Å². The Bertz CT molecular complexity index is 1090. The number of hydrogen-bond donors (Lipinski definition) is 2. The van der Waals surface area contributed by atoms with Gasteiger partial charge in [0, 0.05) is 13.7 Å². The summed E-state index contributed by atoms with van der Waals surface area (Å²) in [5.41, 5.74) is 3.29. The summed E-state index contributed by atoms with van der Waals surface area (Å²) >= 11 is 0. The summed E-state index contributed by atoms with van der Waals surface area (Å²) in [6, 6.07) is 16.4. The molecular weight excluding hydrogens is 396 g/mol. The first-order chi connectivity index (χ1) is 15.1. The smallest absolute Gasteiger partial charge is 0.251 e. The van der Waals surface area contributed by atoms with E-state index in [0.717, 1.165) is 16.7 Å². The number of nitrogens with zero attached hydrogens (tertiary/aromatic N) is 2. The van der Waals surface area contributed by atoms with Gasteiger partial charge in [-0.3, -0.25) is 9.59 Å². The van der Waals surface area contributed by atoms with Crippen LogP contribution in [0.3, 0.4) is 0 Å². The van der Waals surface area contributed by atoms with Gasteiger partial charge < -0.3 is 20.1 Å². The fraction of sp³-hybridized carbons (Fsp3) is 0.261. The number of rotatable bonds is 8. The molecule has 0 spiro atoms. The Kier molecular flexibility index (Phi) is 5.99. The highest BCUT2D eigenvalue weighted by molar-refractivity contribution is 6.03. The Balaban J connectivity index is 1.58. The highest BCUT2D eigenvalue weighted by atomic mass is 16.5. The number of benzene rings is 2. The van der Waals surface area contributed by atoms with E-state index in [1.807, 2.05) is 54.6 Å². The van der Waals surface area contributed by atoms with Gasteiger partial charge in [0.25, 0.3) is 5.91 Å². The van der Waals surface area contributed by atoms with E-state index in [2.05, 4.69) is 15.7 Å². The van der Waals surface area contributed by atoms with Crippen LogP contribution in [0, 0.1) is 0 Å². The van der Waals surface area contributed by atoms with Crippen LogP contribution in [0.5, 0.6) is 5.75 Å². The number of carbonyl (C=O) groups excluding carboxylic acids is 2. The lowest BCUT2D eigenvalue weighted by Gasteiger charge is -2.10. The molecule has 1 unspecified atom stereocenters. The normalized spacial score (nSPS) is 14.8. The van der Waals surface area contributed by atoms with E-state index in [1.54, 1.807) is 18.9 Å². The summed E-state index contributed by atoms with van der Waals surface area (Å²) in [6.45, 7) is 0.680. The van der Waals surface area contributed by atoms with Crippen molar-refractivity contribution in [2.45, 2.75) is 25.6 Å². The Labute approximate surface area is 180 Å². The first kappa shape index (κ1) is 20.6. The maximum Gasteiger partial charge on any atom is 0.251 e. The molecular formula is C23H24N4O4. The van der Waals surface area contributed by atoms with Crippen molar-refractivity contribution in [3.05, 3.63) is 65.9 Å². The van der Waals surface area contributed by atoms with Crippen molar-refractivity contribution in [1.29, 1.82) is 0 Å². The Hall–Kier alpha value is -3.65. The number of ether oxygens (including phenoxy) is 2. The van der Waals surface area contributed by atoms with Crippen molar-refractivity contribution in [3.8, 4) is 16.9 Å². The molecule has 0 radical (unpaired) electrons.